The van der Waals surface area contributed by atoms with Gasteiger partial charge in [-0.15, -0.1) is 0 Å². The van der Waals surface area contributed by atoms with E-state index in [1.807, 2.05) is 0 Å². The maximum absolute atomic E-state index is 10.9. The molecule has 1 rings (SSSR count). The molecule has 0 aromatic heterocycles. The molecule has 0 fully saturated rings. The third-order valence-corrected chi connectivity index (χ3v) is 2.72. The summed E-state index contributed by atoms with van der Waals surface area (Å²) in [5, 5.41) is 0. The average Bonchev–Trinajstić information content (AvgIpc) is 2.21. The van der Waals surface area contributed by atoms with Crippen LogP contribution in [0.25, 0.3) is 0 Å². The van der Waals surface area contributed by atoms with Crippen molar-refractivity contribution < 1.29 is 9.53 Å². The predicted molar refractivity (Wildman–Crippen MR) is 66.2 cm³/mol. The van der Waals surface area contributed by atoms with E-state index in [4.69, 9.17) is 4.74 Å². The number of allylic oxidation sites excluding steroid dienone is 4. The van der Waals surface area contributed by atoms with Crippen LogP contribution in [-0.4, -0.2) is 12.1 Å². The first-order valence-electron chi connectivity index (χ1n) is 6.26. The molecule has 0 aromatic rings. The van der Waals surface area contributed by atoms with Crippen molar-refractivity contribution in [1.82, 2.24) is 0 Å². The molecule has 0 N–H and O–H groups in total. The van der Waals surface area contributed by atoms with Gasteiger partial charge in [0, 0.05) is 6.92 Å². The first-order chi connectivity index (χ1) is 7.79. The molecule has 1 unspecified atom stereocenters. The van der Waals surface area contributed by atoms with Crippen molar-refractivity contribution in [3.63, 3.8) is 0 Å². The van der Waals surface area contributed by atoms with E-state index >= 15 is 0 Å². The van der Waals surface area contributed by atoms with Gasteiger partial charge in [0.15, 0.2) is 0 Å². The summed E-state index contributed by atoms with van der Waals surface area (Å²) in [7, 11) is 0. The van der Waals surface area contributed by atoms with Gasteiger partial charge >= 0.3 is 5.97 Å². The fourth-order valence-electron chi connectivity index (χ4n) is 1.91. The largest absolute Gasteiger partial charge is 0.463 e. The fourth-order valence-corrected chi connectivity index (χ4v) is 1.91. The lowest BCUT2D eigenvalue weighted by Crippen LogP contribution is -2.16. The fraction of sp³-hybridized carbons (Fsp3) is 0.643. The highest BCUT2D eigenvalue weighted by atomic mass is 16.5. The minimum absolute atomic E-state index is 0.106. The maximum Gasteiger partial charge on any atom is 0.302 e. The Morgan fingerprint density at radius 2 is 1.62 bits per heavy atom. The number of esters is 1. The number of carbonyl (C=O) groups is 1. The summed E-state index contributed by atoms with van der Waals surface area (Å²) in [5.41, 5.74) is 0. The number of ether oxygens (including phenoxy) is 1. The summed E-state index contributed by atoms with van der Waals surface area (Å²) in [6.45, 7) is 1.49. The van der Waals surface area contributed by atoms with Gasteiger partial charge in [0.1, 0.15) is 6.10 Å². The zero-order chi connectivity index (χ0) is 11.6. The van der Waals surface area contributed by atoms with Crippen molar-refractivity contribution in [1.29, 1.82) is 0 Å². The van der Waals surface area contributed by atoms with Gasteiger partial charge in [0.2, 0.25) is 0 Å². The van der Waals surface area contributed by atoms with Crippen molar-refractivity contribution in [2.24, 2.45) is 0 Å². The molecular weight excluding hydrogens is 200 g/mol. The summed E-state index contributed by atoms with van der Waals surface area (Å²) in [4.78, 5) is 10.9. The first kappa shape index (κ1) is 13.0. The summed E-state index contributed by atoms with van der Waals surface area (Å²) < 4.78 is 5.30. The second-order valence-corrected chi connectivity index (χ2v) is 4.26. The van der Waals surface area contributed by atoms with Gasteiger partial charge in [0.25, 0.3) is 0 Å². The summed E-state index contributed by atoms with van der Waals surface area (Å²) in [5.74, 6) is -0.156. The zero-order valence-corrected chi connectivity index (χ0v) is 10.2. The van der Waals surface area contributed by atoms with Crippen molar-refractivity contribution in [2.75, 3.05) is 0 Å². The van der Waals surface area contributed by atoms with Gasteiger partial charge < -0.3 is 4.74 Å². The smallest absolute Gasteiger partial charge is 0.302 e. The number of hydrogen-bond donors (Lipinski definition) is 0. The predicted octanol–water partition coefficient (Wildman–Crippen LogP) is 3.77. The molecule has 0 radical (unpaired) electrons. The Morgan fingerprint density at radius 3 is 2.31 bits per heavy atom. The molecule has 0 heterocycles. The van der Waals surface area contributed by atoms with Gasteiger partial charge in [-0.05, 0) is 44.9 Å². The van der Waals surface area contributed by atoms with E-state index < -0.39 is 0 Å². The lowest BCUT2D eigenvalue weighted by atomic mass is 10.1. The van der Waals surface area contributed by atoms with Crippen LogP contribution < -0.4 is 0 Å². The quantitative estimate of drug-likeness (QED) is 0.498. The third-order valence-electron chi connectivity index (χ3n) is 2.72. The van der Waals surface area contributed by atoms with Gasteiger partial charge in [0.05, 0.1) is 0 Å². The third kappa shape index (κ3) is 6.44. The summed E-state index contributed by atoms with van der Waals surface area (Å²) >= 11 is 0. The van der Waals surface area contributed by atoms with Crippen LogP contribution in [0.1, 0.15) is 51.9 Å². The Hall–Kier alpha value is -1.05. The molecule has 0 saturated heterocycles. The van der Waals surface area contributed by atoms with Gasteiger partial charge in [-0.1, -0.05) is 24.3 Å². The van der Waals surface area contributed by atoms with Crippen LogP contribution in [0.5, 0.6) is 0 Å². The summed E-state index contributed by atoms with van der Waals surface area (Å²) in [6.07, 6.45) is 16.4. The molecule has 1 aliphatic carbocycles. The SMILES string of the molecule is CC(=O)OC1CC/C=C\CC/C=C/CCC1. The van der Waals surface area contributed by atoms with Gasteiger partial charge in [-0.2, -0.15) is 0 Å². The van der Waals surface area contributed by atoms with E-state index in [0.29, 0.717) is 0 Å². The normalized spacial score (nSPS) is 27.2. The van der Waals surface area contributed by atoms with Crippen LogP contribution in [0.4, 0.5) is 0 Å². The molecule has 90 valence electrons. The first-order valence-corrected chi connectivity index (χ1v) is 6.26. The van der Waals surface area contributed by atoms with Crippen molar-refractivity contribution in [2.45, 2.75) is 58.0 Å². The highest BCUT2D eigenvalue weighted by Gasteiger charge is 2.10. The molecule has 2 heteroatoms. The molecule has 0 bridgehead atoms. The van der Waals surface area contributed by atoms with Crippen LogP contribution >= 0.6 is 0 Å². The van der Waals surface area contributed by atoms with E-state index in [0.717, 1.165) is 44.9 Å². The number of hydrogen-bond acceptors (Lipinski definition) is 2. The van der Waals surface area contributed by atoms with Crippen molar-refractivity contribution >= 4 is 5.97 Å². The molecule has 2 nitrogen and oxygen atoms in total. The van der Waals surface area contributed by atoms with Crippen LogP contribution in [0, 0.1) is 0 Å². The standard InChI is InChI=1S/C14H22O2/c1-13(15)16-14-11-9-7-5-3-2-4-6-8-10-12-14/h3,5-6,8,14H,2,4,7,9-12H2,1H3/b5-3+,8-6-. The van der Waals surface area contributed by atoms with Gasteiger partial charge in [-0.25, -0.2) is 0 Å². The molecule has 0 amide bonds. The Morgan fingerprint density at radius 1 is 1.00 bits per heavy atom. The van der Waals surface area contributed by atoms with Crippen LogP contribution in [0.2, 0.25) is 0 Å². The second-order valence-electron chi connectivity index (χ2n) is 4.26. The molecule has 0 saturated carbocycles. The Balaban J connectivity index is 2.40. The molecular formula is C14H22O2. The maximum atomic E-state index is 10.9. The highest BCUT2D eigenvalue weighted by Crippen LogP contribution is 2.13. The zero-order valence-electron chi connectivity index (χ0n) is 10.2. The molecule has 16 heavy (non-hydrogen) atoms. The lowest BCUT2D eigenvalue weighted by molar-refractivity contribution is -0.146. The molecule has 1 atom stereocenters. The molecule has 0 spiro atoms. The minimum Gasteiger partial charge on any atom is -0.463 e. The Bertz CT molecular complexity index is 253. The van der Waals surface area contributed by atoms with Crippen LogP contribution in [0.15, 0.2) is 24.3 Å². The monoisotopic (exact) mass is 222 g/mol. The van der Waals surface area contributed by atoms with Crippen molar-refractivity contribution in [3.8, 4) is 0 Å². The molecule has 0 aliphatic heterocycles. The van der Waals surface area contributed by atoms with E-state index in [1.54, 1.807) is 0 Å². The molecule has 0 aromatic carbocycles. The van der Waals surface area contributed by atoms with E-state index in [1.165, 1.54) is 6.92 Å². The van der Waals surface area contributed by atoms with E-state index in [-0.39, 0.29) is 12.1 Å². The van der Waals surface area contributed by atoms with Crippen molar-refractivity contribution in [3.05, 3.63) is 24.3 Å². The highest BCUT2D eigenvalue weighted by molar-refractivity contribution is 5.66. The number of rotatable bonds is 1. The number of carbonyl (C=O) groups excluding carboxylic acids is 1. The van der Waals surface area contributed by atoms with E-state index in [9.17, 15) is 4.79 Å². The second kappa shape index (κ2) is 8.14. The minimum atomic E-state index is -0.156. The Kier molecular flexibility index (Phi) is 6.62. The van der Waals surface area contributed by atoms with Crippen LogP contribution in [-0.2, 0) is 9.53 Å². The van der Waals surface area contributed by atoms with Crippen LogP contribution in [0.3, 0.4) is 0 Å². The topological polar surface area (TPSA) is 26.3 Å². The Labute approximate surface area is 98.4 Å². The van der Waals surface area contributed by atoms with E-state index in [2.05, 4.69) is 24.3 Å². The molecule has 1 aliphatic rings. The summed E-state index contributed by atoms with van der Waals surface area (Å²) in [6, 6.07) is 0. The van der Waals surface area contributed by atoms with Gasteiger partial charge in [-0.3, -0.25) is 4.79 Å². The lowest BCUT2D eigenvalue weighted by Gasteiger charge is -2.15. The average molecular weight is 222 g/mol.